The van der Waals surface area contributed by atoms with E-state index in [0.717, 1.165) is 45.2 Å². The highest BCUT2D eigenvalue weighted by Gasteiger charge is 2.28. The van der Waals surface area contributed by atoms with Crippen molar-refractivity contribution in [3.05, 3.63) is 29.3 Å². The molecule has 0 spiro atoms. The number of hydrogen-bond acceptors (Lipinski definition) is 4. The van der Waals surface area contributed by atoms with Crippen molar-refractivity contribution in [2.24, 2.45) is 0 Å². The average molecular weight is 402 g/mol. The zero-order valence-electron chi connectivity index (χ0n) is 15.2. The molecule has 26 heavy (non-hydrogen) atoms. The standard InChI is InChI=1S/C18H27N3O3S.ClH/c1-14-7-8-15(18(22)20-16-6-5-9-19-13-16)12-17(14)25(23,24)21-10-3-2-4-11-21;/h7-8,12,16,19H,2-6,9-11,13H2,1H3,(H,20,22);1H/t16-;/m0./s1. The zero-order valence-corrected chi connectivity index (χ0v) is 16.8. The van der Waals surface area contributed by atoms with Crippen LogP contribution >= 0.6 is 12.4 Å². The van der Waals surface area contributed by atoms with E-state index >= 15 is 0 Å². The largest absolute Gasteiger partial charge is 0.348 e. The highest BCUT2D eigenvalue weighted by atomic mass is 35.5. The predicted molar refractivity (Wildman–Crippen MR) is 104 cm³/mol. The summed E-state index contributed by atoms with van der Waals surface area (Å²) in [6, 6.07) is 5.07. The Kier molecular flexibility index (Phi) is 7.46. The third-order valence-corrected chi connectivity index (χ3v) is 7.06. The molecule has 1 aromatic carbocycles. The summed E-state index contributed by atoms with van der Waals surface area (Å²) in [5.41, 5.74) is 1.09. The molecule has 2 heterocycles. The van der Waals surface area contributed by atoms with Crippen LogP contribution in [0, 0.1) is 6.92 Å². The lowest BCUT2D eigenvalue weighted by Crippen LogP contribution is -2.45. The predicted octanol–water partition coefficient (Wildman–Crippen LogP) is 2.07. The normalized spacial score (nSPS) is 21.7. The number of nitrogens with zero attached hydrogens (tertiary/aromatic N) is 1. The molecule has 2 N–H and O–H groups in total. The van der Waals surface area contributed by atoms with E-state index in [1.165, 1.54) is 6.07 Å². The fourth-order valence-corrected chi connectivity index (χ4v) is 5.28. The smallest absolute Gasteiger partial charge is 0.251 e. The van der Waals surface area contributed by atoms with Gasteiger partial charge in [0.15, 0.2) is 0 Å². The van der Waals surface area contributed by atoms with Gasteiger partial charge in [0.25, 0.3) is 5.91 Å². The number of amides is 1. The molecule has 2 aliphatic heterocycles. The molecule has 1 atom stereocenters. The molecule has 3 rings (SSSR count). The Labute approximate surface area is 162 Å². The summed E-state index contributed by atoms with van der Waals surface area (Å²) >= 11 is 0. The molecule has 1 amide bonds. The molecule has 2 fully saturated rings. The number of sulfonamides is 1. The lowest BCUT2D eigenvalue weighted by Gasteiger charge is -2.27. The molecule has 0 unspecified atom stereocenters. The second-order valence-electron chi connectivity index (χ2n) is 6.96. The number of piperidine rings is 2. The van der Waals surface area contributed by atoms with Crippen molar-refractivity contribution in [3.63, 3.8) is 0 Å². The maximum atomic E-state index is 13.0. The minimum absolute atomic E-state index is 0. The van der Waals surface area contributed by atoms with E-state index in [1.54, 1.807) is 23.4 Å². The number of carbonyl (C=O) groups excluding carboxylic acids is 1. The van der Waals surface area contributed by atoms with Crippen LogP contribution in [0.25, 0.3) is 0 Å². The Hall–Kier alpha value is -1.15. The number of hydrogen-bond donors (Lipinski definition) is 2. The van der Waals surface area contributed by atoms with Crippen molar-refractivity contribution in [2.45, 2.75) is 50.0 Å². The molecule has 0 saturated carbocycles. The first-order valence-electron chi connectivity index (χ1n) is 9.11. The van der Waals surface area contributed by atoms with Gasteiger partial charge in [-0.15, -0.1) is 12.4 Å². The summed E-state index contributed by atoms with van der Waals surface area (Å²) in [7, 11) is -3.54. The van der Waals surface area contributed by atoms with Crippen LogP contribution in [0.3, 0.4) is 0 Å². The molecule has 146 valence electrons. The maximum absolute atomic E-state index is 13.0. The summed E-state index contributed by atoms with van der Waals surface area (Å²) in [6.45, 7) is 4.65. The topological polar surface area (TPSA) is 78.5 Å². The van der Waals surface area contributed by atoms with Gasteiger partial charge in [-0.05, 0) is 56.8 Å². The van der Waals surface area contributed by atoms with E-state index in [0.29, 0.717) is 24.2 Å². The SMILES string of the molecule is Cc1ccc(C(=O)N[C@H]2CCCNC2)cc1S(=O)(=O)N1CCCCC1.Cl. The van der Waals surface area contributed by atoms with Crippen LogP contribution in [0.5, 0.6) is 0 Å². The van der Waals surface area contributed by atoms with E-state index in [9.17, 15) is 13.2 Å². The van der Waals surface area contributed by atoms with Crippen molar-refractivity contribution < 1.29 is 13.2 Å². The Morgan fingerprint density at radius 2 is 1.92 bits per heavy atom. The number of halogens is 1. The highest BCUT2D eigenvalue weighted by Crippen LogP contribution is 2.24. The first-order valence-corrected chi connectivity index (χ1v) is 10.5. The monoisotopic (exact) mass is 401 g/mol. The lowest BCUT2D eigenvalue weighted by atomic mass is 10.1. The van der Waals surface area contributed by atoms with Crippen molar-refractivity contribution in [2.75, 3.05) is 26.2 Å². The van der Waals surface area contributed by atoms with E-state index in [4.69, 9.17) is 0 Å². The van der Waals surface area contributed by atoms with Crippen LogP contribution in [0.1, 0.15) is 48.0 Å². The van der Waals surface area contributed by atoms with E-state index in [-0.39, 0.29) is 29.3 Å². The van der Waals surface area contributed by atoms with Crippen LogP contribution < -0.4 is 10.6 Å². The Balaban J connectivity index is 0.00000243. The van der Waals surface area contributed by atoms with Gasteiger partial charge in [0, 0.05) is 31.2 Å². The second kappa shape index (κ2) is 9.17. The van der Waals surface area contributed by atoms with Gasteiger partial charge in [-0.25, -0.2) is 8.42 Å². The molecule has 6 nitrogen and oxygen atoms in total. The van der Waals surface area contributed by atoms with Gasteiger partial charge in [0.05, 0.1) is 4.90 Å². The van der Waals surface area contributed by atoms with Gasteiger partial charge in [0.2, 0.25) is 10.0 Å². The van der Waals surface area contributed by atoms with Crippen molar-refractivity contribution in [1.29, 1.82) is 0 Å². The van der Waals surface area contributed by atoms with Gasteiger partial charge in [-0.3, -0.25) is 4.79 Å². The van der Waals surface area contributed by atoms with E-state index in [2.05, 4.69) is 10.6 Å². The van der Waals surface area contributed by atoms with Crippen LogP contribution in [0.4, 0.5) is 0 Å². The Bertz CT molecular complexity index is 727. The third-order valence-electron chi connectivity index (χ3n) is 5.02. The second-order valence-corrected chi connectivity index (χ2v) is 8.87. The van der Waals surface area contributed by atoms with Crippen molar-refractivity contribution in [3.8, 4) is 0 Å². The number of aryl methyl sites for hydroxylation is 1. The number of nitrogens with one attached hydrogen (secondary N) is 2. The van der Waals surface area contributed by atoms with Crippen LogP contribution in [-0.4, -0.2) is 50.9 Å². The fourth-order valence-electron chi connectivity index (χ4n) is 3.51. The molecular weight excluding hydrogens is 374 g/mol. The number of carbonyl (C=O) groups is 1. The summed E-state index contributed by atoms with van der Waals surface area (Å²) in [5.74, 6) is -0.205. The van der Waals surface area contributed by atoms with Gasteiger partial charge < -0.3 is 10.6 Å². The molecule has 0 aromatic heterocycles. The quantitative estimate of drug-likeness (QED) is 0.809. The van der Waals surface area contributed by atoms with Crippen LogP contribution in [0.2, 0.25) is 0 Å². The maximum Gasteiger partial charge on any atom is 0.251 e. The lowest BCUT2D eigenvalue weighted by molar-refractivity contribution is 0.0930. The van der Waals surface area contributed by atoms with E-state index in [1.807, 2.05) is 0 Å². The average Bonchev–Trinajstić information content (AvgIpc) is 2.63. The summed E-state index contributed by atoms with van der Waals surface area (Å²) in [4.78, 5) is 12.8. The zero-order chi connectivity index (χ0) is 17.9. The minimum Gasteiger partial charge on any atom is -0.348 e. The fraction of sp³-hybridized carbons (Fsp3) is 0.611. The molecule has 0 aliphatic carbocycles. The van der Waals surface area contributed by atoms with Crippen LogP contribution in [-0.2, 0) is 10.0 Å². The Morgan fingerprint density at radius 3 is 2.58 bits per heavy atom. The molecule has 0 radical (unpaired) electrons. The molecule has 2 saturated heterocycles. The summed E-state index contributed by atoms with van der Waals surface area (Å²) < 4.78 is 27.5. The molecule has 2 aliphatic rings. The molecule has 0 bridgehead atoms. The first-order chi connectivity index (χ1) is 12.0. The van der Waals surface area contributed by atoms with Gasteiger partial charge in [-0.2, -0.15) is 4.31 Å². The summed E-state index contributed by atoms with van der Waals surface area (Å²) in [5, 5.41) is 6.27. The molecular formula is C18H28ClN3O3S. The van der Waals surface area contributed by atoms with Gasteiger partial charge in [-0.1, -0.05) is 12.5 Å². The van der Waals surface area contributed by atoms with Crippen molar-refractivity contribution >= 4 is 28.3 Å². The summed E-state index contributed by atoms with van der Waals surface area (Å²) in [6.07, 6.45) is 4.85. The molecule has 8 heteroatoms. The van der Waals surface area contributed by atoms with Gasteiger partial charge in [0.1, 0.15) is 0 Å². The first kappa shape index (κ1) is 21.2. The third kappa shape index (κ3) is 4.76. The van der Waals surface area contributed by atoms with E-state index < -0.39 is 10.0 Å². The Morgan fingerprint density at radius 1 is 1.19 bits per heavy atom. The van der Waals surface area contributed by atoms with Crippen LogP contribution in [0.15, 0.2) is 23.1 Å². The number of benzene rings is 1. The van der Waals surface area contributed by atoms with Gasteiger partial charge >= 0.3 is 0 Å². The highest BCUT2D eigenvalue weighted by molar-refractivity contribution is 7.89. The molecule has 1 aromatic rings. The van der Waals surface area contributed by atoms with Crippen molar-refractivity contribution in [1.82, 2.24) is 14.9 Å². The number of rotatable bonds is 4. The minimum atomic E-state index is -3.54.